The number of halogens is 1. The third-order valence-electron chi connectivity index (χ3n) is 5.18. The molecule has 1 atom stereocenters. The second kappa shape index (κ2) is 17.2. The van der Waals surface area contributed by atoms with Crippen molar-refractivity contribution in [2.24, 2.45) is 10.9 Å². The number of hydrogen-bond acceptors (Lipinski definition) is 5. The molecule has 1 heterocycles. The van der Waals surface area contributed by atoms with Gasteiger partial charge in [-0.1, -0.05) is 6.07 Å². The molecule has 1 aliphatic heterocycles. The zero-order chi connectivity index (χ0) is 22.3. The Bertz CT molecular complexity index is 654. The summed E-state index contributed by atoms with van der Waals surface area (Å²) >= 11 is 0. The van der Waals surface area contributed by atoms with E-state index in [1.54, 1.807) is 0 Å². The van der Waals surface area contributed by atoms with Crippen molar-refractivity contribution in [2.45, 2.75) is 53.0 Å². The third kappa shape index (κ3) is 10.6. The highest BCUT2D eigenvalue weighted by Gasteiger charge is 2.14. The van der Waals surface area contributed by atoms with Gasteiger partial charge in [0.25, 0.3) is 0 Å². The van der Waals surface area contributed by atoms with Crippen LogP contribution in [0.4, 0.5) is 0 Å². The Labute approximate surface area is 211 Å². The molecule has 0 aromatic heterocycles. The number of rotatable bonds is 13. The zero-order valence-electron chi connectivity index (χ0n) is 20.2. The molecule has 0 amide bonds. The molecular weight excluding hydrogens is 521 g/mol. The second-order valence-corrected chi connectivity index (χ2v) is 7.68. The number of hydrogen-bond donors (Lipinski definition) is 2. The van der Waals surface area contributed by atoms with Crippen LogP contribution in [-0.2, 0) is 9.47 Å². The number of nitrogens with zero attached hydrogens (tertiary/aromatic N) is 1. The van der Waals surface area contributed by atoms with Crippen LogP contribution in [-0.4, -0.2) is 58.7 Å². The fourth-order valence-corrected chi connectivity index (χ4v) is 3.47. The Kier molecular flexibility index (Phi) is 15.5. The van der Waals surface area contributed by atoms with Crippen molar-refractivity contribution in [3.05, 3.63) is 23.8 Å². The standard InChI is InChI=1S/C24H41N3O4.HI/c1-5-25-24(26-13-8-14-29-18-20-11-15-28-16-12-20)27-19(4)21-9-10-22(30-6-2)23(17-21)31-7-3;/h9-10,17,19-20H,5-8,11-16,18H2,1-4H3,(H2,25,26,27);1H. The predicted molar refractivity (Wildman–Crippen MR) is 141 cm³/mol. The van der Waals surface area contributed by atoms with Crippen molar-refractivity contribution in [3.8, 4) is 11.5 Å². The van der Waals surface area contributed by atoms with Gasteiger partial charge in [0.2, 0.25) is 0 Å². The average Bonchev–Trinajstić information content (AvgIpc) is 2.78. The minimum absolute atomic E-state index is 0. The molecule has 1 aromatic carbocycles. The number of benzene rings is 1. The molecule has 2 rings (SSSR count). The van der Waals surface area contributed by atoms with E-state index < -0.39 is 0 Å². The Morgan fingerprint density at radius 3 is 2.53 bits per heavy atom. The molecule has 7 nitrogen and oxygen atoms in total. The first-order chi connectivity index (χ1) is 15.2. The third-order valence-corrected chi connectivity index (χ3v) is 5.18. The topological polar surface area (TPSA) is 73.3 Å². The van der Waals surface area contributed by atoms with Gasteiger partial charge in [0.15, 0.2) is 17.5 Å². The minimum atomic E-state index is 0. The molecule has 0 aliphatic carbocycles. The molecule has 0 saturated carbocycles. The minimum Gasteiger partial charge on any atom is -0.490 e. The van der Waals surface area contributed by atoms with Crippen LogP contribution < -0.4 is 20.1 Å². The molecule has 184 valence electrons. The summed E-state index contributed by atoms with van der Waals surface area (Å²) in [5.41, 5.74) is 1.12. The van der Waals surface area contributed by atoms with E-state index in [1.807, 2.05) is 26.0 Å². The SMILES string of the molecule is CCNC(=NCCCOCC1CCOCC1)NC(C)c1ccc(OCC)c(OCC)c1.I. The van der Waals surface area contributed by atoms with Crippen LogP contribution in [0.25, 0.3) is 0 Å². The van der Waals surface area contributed by atoms with Gasteiger partial charge in [0, 0.05) is 39.5 Å². The van der Waals surface area contributed by atoms with Gasteiger partial charge in [0.1, 0.15) is 0 Å². The van der Waals surface area contributed by atoms with E-state index in [0.29, 0.717) is 19.1 Å². The van der Waals surface area contributed by atoms with Crippen LogP contribution >= 0.6 is 24.0 Å². The van der Waals surface area contributed by atoms with Gasteiger partial charge in [0.05, 0.1) is 19.3 Å². The van der Waals surface area contributed by atoms with Crippen molar-refractivity contribution in [2.75, 3.05) is 52.7 Å². The van der Waals surface area contributed by atoms with Gasteiger partial charge in [-0.2, -0.15) is 0 Å². The van der Waals surface area contributed by atoms with Crippen LogP contribution in [0, 0.1) is 5.92 Å². The van der Waals surface area contributed by atoms with E-state index in [1.165, 1.54) is 0 Å². The first-order valence-electron chi connectivity index (χ1n) is 11.8. The van der Waals surface area contributed by atoms with Gasteiger partial charge in [-0.3, -0.25) is 4.99 Å². The van der Waals surface area contributed by atoms with E-state index in [9.17, 15) is 0 Å². The molecular formula is C24H42IN3O4. The van der Waals surface area contributed by atoms with Crippen molar-refractivity contribution in [3.63, 3.8) is 0 Å². The molecule has 1 saturated heterocycles. The predicted octanol–water partition coefficient (Wildman–Crippen LogP) is 4.55. The largest absolute Gasteiger partial charge is 0.490 e. The molecule has 1 fully saturated rings. The fourth-order valence-electron chi connectivity index (χ4n) is 3.47. The summed E-state index contributed by atoms with van der Waals surface area (Å²) in [6.07, 6.45) is 3.13. The van der Waals surface area contributed by atoms with Crippen molar-refractivity contribution >= 4 is 29.9 Å². The second-order valence-electron chi connectivity index (χ2n) is 7.68. The highest BCUT2D eigenvalue weighted by atomic mass is 127. The normalized spacial score (nSPS) is 15.6. The Morgan fingerprint density at radius 2 is 1.84 bits per heavy atom. The first kappa shape index (κ1) is 28.8. The molecule has 0 spiro atoms. The van der Waals surface area contributed by atoms with Gasteiger partial charge in [-0.25, -0.2) is 0 Å². The lowest BCUT2D eigenvalue weighted by Gasteiger charge is -2.21. The maximum Gasteiger partial charge on any atom is 0.191 e. The fraction of sp³-hybridized carbons (Fsp3) is 0.708. The maximum atomic E-state index is 5.84. The van der Waals surface area contributed by atoms with Crippen molar-refractivity contribution in [1.82, 2.24) is 10.6 Å². The van der Waals surface area contributed by atoms with Crippen molar-refractivity contribution < 1.29 is 18.9 Å². The highest BCUT2D eigenvalue weighted by molar-refractivity contribution is 14.0. The number of aliphatic imine (C=N–C) groups is 1. The van der Waals surface area contributed by atoms with Crippen LogP contribution in [0.3, 0.4) is 0 Å². The van der Waals surface area contributed by atoms with Gasteiger partial charge in [-0.05, 0) is 70.6 Å². The van der Waals surface area contributed by atoms with E-state index in [-0.39, 0.29) is 30.0 Å². The summed E-state index contributed by atoms with van der Waals surface area (Å²) in [5.74, 6) is 3.01. The molecule has 0 bridgehead atoms. The Hall–Kier alpha value is -1.26. The molecule has 1 unspecified atom stereocenters. The zero-order valence-corrected chi connectivity index (χ0v) is 22.5. The van der Waals surface area contributed by atoms with Crippen LogP contribution in [0.5, 0.6) is 11.5 Å². The summed E-state index contributed by atoms with van der Waals surface area (Å²) in [4.78, 5) is 4.71. The smallest absolute Gasteiger partial charge is 0.191 e. The molecule has 2 N–H and O–H groups in total. The molecule has 1 aliphatic rings. The summed E-state index contributed by atoms with van der Waals surface area (Å²) < 4.78 is 22.7. The molecule has 8 heteroatoms. The van der Waals surface area contributed by atoms with E-state index >= 15 is 0 Å². The molecule has 1 aromatic rings. The van der Waals surface area contributed by atoms with E-state index in [4.69, 9.17) is 23.9 Å². The molecule has 0 radical (unpaired) electrons. The quantitative estimate of drug-likeness (QED) is 0.159. The highest BCUT2D eigenvalue weighted by Crippen LogP contribution is 2.30. The monoisotopic (exact) mass is 563 g/mol. The average molecular weight is 564 g/mol. The lowest BCUT2D eigenvalue weighted by Crippen LogP contribution is -2.38. The van der Waals surface area contributed by atoms with Crippen LogP contribution in [0.1, 0.15) is 58.6 Å². The summed E-state index contributed by atoms with van der Waals surface area (Å²) in [7, 11) is 0. The van der Waals surface area contributed by atoms with Gasteiger partial charge < -0.3 is 29.6 Å². The summed E-state index contributed by atoms with van der Waals surface area (Å²) in [6.45, 7) is 14.2. The van der Waals surface area contributed by atoms with Crippen LogP contribution in [0.15, 0.2) is 23.2 Å². The number of nitrogens with one attached hydrogen (secondary N) is 2. The summed E-state index contributed by atoms with van der Waals surface area (Å²) in [5, 5.41) is 6.81. The Balaban J connectivity index is 0.00000512. The Morgan fingerprint density at radius 1 is 1.12 bits per heavy atom. The van der Waals surface area contributed by atoms with Gasteiger partial charge >= 0.3 is 0 Å². The van der Waals surface area contributed by atoms with Gasteiger partial charge in [-0.15, -0.1) is 24.0 Å². The lowest BCUT2D eigenvalue weighted by molar-refractivity contribution is 0.0205. The van der Waals surface area contributed by atoms with Crippen LogP contribution in [0.2, 0.25) is 0 Å². The van der Waals surface area contributed by atoms with E-state index in [0.717, 1.165) is 81.8 Å². The summed E-state index contributed by atoms with van der Waals surface area (Å²) in [6, 6.07) is 6.16. The number of guanidine groups is 1. The van der Waals surface area contributed by atoms with E-state index in [2.05, 4.69) is 30.5 Å². The molecule has 32 heavy (non-hydrogen) atoms. The first-order valence-corrected chi connectivity index (χ1v) is 11.8. The van der Waals surface area contributed by atoms with Crippen molar-refractivity contribution in [1.29, 1.82) is 0 Å². The number of ether oxygens (including phenoxy) is 4. The lowest BCUT2D eigenvalue weighted by atomic mass is 10.0. The maximum absolute atomic E-state index is 5.84.